The number of rotatable bonds is 14. The first-order valence-corrected chi connectivity index (χ1v) is 15.5. The normalized spacial score (nSPS) is 11.9. The van der Waals surface area contributed by atoms with E-state index in [4.69, 9.17) is 23.2 Å². The molecule has 0 aliphatic heterocycles. The number of anilines is 1. The molecule has 0 saturated heterocycles. The third-order valence-electron chi connectivity index (χ3n) is 6.53. The largest absolute Gasteiger partial charge is 0.354 e. The number of amides is 2. The van der Waals surface area contributed by atoms with Crippen LogP contribution in [0.2, 0.25) is 10.0 Å². The summed E-state index contributed by atoms with van der Waals surface area (Å²) >= 11 is 12.5. The quantitative estimate of drug-likeness (QED) is 0.135. The lowest BCUT2D eigenvalue weighted by atomic mass is 10.1. The molecule has 0 bridgehead atoms. The Hall–Kier alpha value is -3.67. The Morgan fingerprint density at radius 1 is 1.00 bits per heavy atom. The number of non-ortho nitro benzene ring substituents is 1. The maximum Gasteiger partial charge on any atom is 0.269 e. The summed E-state index contributed by atoms with van der Waals surface area (Å²) < 4.78 is 28.5. The van der Waals surface area contributed by atoms with E-state index in [1.54, 1.807) is 37.3 Å². The van der Waals surface area contributed by atoms with E-state index in [0.717, 1.165) is 29.3 Å². The number of hydrogen-bond acceptors (Lipinski definition) is 6. The predicted octanol–water partition coefficient (Wildman–Crippen LogP) is 5.82. The molecule has 0 aromatic heterocycles. The minimum Gasteiger partial charge on any atom is -0.354 e. The van der Waals surface area contributed by atoms with Crippen molar-refractivity contribution in [3.8, 4) is 0 Å². The molecule has 0 radical (unpaired) electrons. The van der Waals surface area contributed by atoms with Gasteiger partial charge in [-0.25, -0.2) is 8.42 Å². The van der Waals surface area contributed by atoms with E-state index in [-0.39, 0.29) is 40.2 Å². The Balaban J connectivity index is 2.06. The second-order valence-corrected chi connectivity index (χ2v) is 12.1. The van der Waals surface area contributed by atoms with Gasteiger partial charge < -0.3 is 10.2 Å². The molecule has 0 fully saturated rings. The number of nitrogens with one attached hydrogen (secondary N) is 1. The number of nitro benzene ring substituents is 1. The molecule has 1 unspecified atom stereocenters. The minimum absolute atomic E-state index is 0.0442. The standard InChI is InChI=1S/C29H32Cl2N4O6S/c1-3-5-17-32-29(37)27(4-2)33(19-21-11-12-22(30)18-26(21)31)28(36)20-34(23-13-15-24(16-14-23)35(38)39)42(40,41)25-9-7-6-8-10-25/h6-16,18,27H,3-5,17,19-20H2,1-2H3,(H,32,37). The van der Waals surface area contributed by atoms with Gasteiger partial charge in [-0.2, -0.15) is 0 Å². The van der Waals surface area contributed by atoms with Crippen LogP contribution in [0.4, 0.5) is 11.4 Å². The van der Waals surface area contributed by atoms with Crippen molar-refractivity contribution in [1.82, 2.24) is 10.2 Å². The summed E-state index contributed by atoms with van der Waals surface area (Å²) in [6, 6.07) is 16.2. The van der Waals surface area contributed by atoms with Gasteiger partial charge in [-0.15, -0.1) is 0 Å². The van der Waals surface area contributed by atoms with E-state index in [1.165, 1.54) is 35.2 Å². The molecule has 3 aromatic rings. The average molecular weight is 636 g/mol. The van der Waals surface area contributed by atoms with Crippen molar-refractivity contribution >= 4 is 56.4 Å². The third-order valence-corrected chi connectivity index (χ3v) is 8.90. The van der Waals surface area contributed by atoms with E-state index >= 15 is 0 Å². The van der Waals surface area contributed by atoms with Gasteiger partial charge in [0.05, 0.1) is 15.5 Å². The zero-order valence-electron chi connectivity index (χ0n) is 23.2. The SMILES string of the molecule is CCCCNC(=O)C(CC)N(Cc1ccc(Cl)cc1Cl)C(=O)CN(c1ccc([N+](=O)[O-])cc1)S(=O)(=O)c1ccccc1. The Morgan fingerprint density at radius 2 is 1.67 bits per heavy atom. The van der Waals surface area contributed by atoms with Gasteiger partial charge in [-0.1, -0.05) is 67.7 Å². The predicted molar refractivity (Wildman–Crippen MR) is 163 cm³/mol. The maximum atomic E-state index is 14.1. The molecule has 10 nitrogen and oxygen atoms in total. The molecular formula is C29H32Cl2N4O6S. The van der Waals surface area contributed by atoms with Crippen molar-refractivity contribution in [2.75, 3.05) is 17.4 Å². The molecule has 3 rings (SSSR count). The van der Waals surface area contributed by atoms with Crippen molar-refractivity contribution in [2.45, 2.75) is 50.6 Å². The lowest BCUT2D eigenvalue weighted by Crippen LogP contribution is -2.52. The van der Waals surface area contributed by atoms with Gasteiger partial charge in [0.25, 0.3) is 15.7 Å². The summed E-state index contributed by atoms with van der Waals surface area (Å²) in [5, 5.41) is 14.7. The lowest BCUT2D eigenvalue weighted by molar-refractivity contribution is -0.384. The highest BCUT2D eigenvalue weighted by molar-refractivity contribution is 7.92. The van der Waals surface area contributed by atoms with Crippen LogP contribution < -0.4 is 9.62 Å². The van der Waals surface area contributed by atoms with Crippen LogP contribution in [0.3, 0.4) is 0 Å². The smallest absolute Gasteiger partial charge is 0.269 e. The van der Waals surface area contributed by atoms with Crippen LogP contribution in [0.5, 0.6) is 0 Å². The Labute approximate surface area is 255 Å². The van der Waals surface area contributed by atoms with Gasteiger partial charge in [0.15, 0.2) is 0 Å². The minimum atomic E-state index is -4.30. The summed E-state index contributed by atoms with van der Waals surface area (Å²) in [5.74, 6) is -1.05. The number of sulfonamides is 1. The van der Waals surface area contributed by atoms with Crippen LogP contribution >= 0.6 is 23.2 Å². The van der Waals surface area contributed by atoms with Crippen LogP contribution in [-0.4, -0.2) is 49.2 Å². The van der Waals surface area contributed by atoms with E-state index < -0.39 is 33.4 Å². The highest BCUT2D eigenvalue weighted by atomic mass is 35.5. The maximum absolute atomic E-state index is 14.1. The van der Waals surface area contributed by atoms with Crippen LogP contribution in [0, 0.1) is 10.1 Å². The fourth-order valence-electron chi connectivity index (χ4n) is 4.25. The molecule has 0 aliphatic rings. The second kappa shape index (κ2) is 15.0. The number of nitrogens with zero attached hydrogens (tertiary/aromatic N) is 3. The number of nitro groups is 1. The van der Waals surface area contributed by atoms with Crippen LogP contribution in [0.1, 0.15) is 38.7 Å². The fourth-order valence-corrected chi connectivity index (χ4v) is 6.15. The first-order valence-electron chi connectivity index (χ1n) is 13.3. The van der Waals surface area contributed by atoms with E-state index in [0.29, 0.717) is 17.1 Å². The lowest BCUT2D eigenvalue weighted by Gasteiger charge is -2.33. The first-order chi connectivity index (χ1) is 20.0. The molecule has 0 saturated carbocycles. The zero-order valence-corrected chi connectivity index (χ0v) is 25.5. The topological polar surface area (TPSA) is 130 Å². The Morgan fingerprint density at radius 3 is 2.24 bits per heavy atom. The molecule has 0 aliphatic carbocycles. The van der Waals surface area contributed by atoms with Gasteiger partial charge in [0.2, 0.25) is 11.8 Å². The van der Waals surface area contributed by atoms with Gasteiger partial charge in [0, 0.05) is 35.3 Å². The Kier molecular flexibility index (Phi) is 11.7. The fraction of sp³-hybridized carbons (Fsp3) is 0.310. The van der Waals surface area contributed by atoms with E-state index in [9.17, 15) is 28.1 Å². The van der Waals surface area contributed by atoms with E-state index in [2.05, 4.69) is 5.32 Å². The number of unbranched alkanes of at least 4 members (excludes halogenated alkanes) is 1. The van der Waals surface area contributed by atoms with Crippen molar-refractivity contribution in [3.05, 3.63) is 98.5 Å². The summed E-state index contributed by atoms with van der Waals surface area (Å²) in [5.41, 5.74) is 0.320. The number of benzene rings is 3. The molecule has 1 N–H and O–H groups in total. The number of carbonyl (C=O) groups is 2. The molecule has 13 heteroatoms. The molecule has 1 atom stereocenters. The highest BCUT2D eigenvalue weighted by Gasteiger charge is 2.34. The third kappa shape index (κ3) is 8.21. The summed E-state index contributed by atoms with van der Waals surface area (Å²) in [6.45, 7) is 3.39. The zero-order chi connectivity index (χ0) is 30.9. The molecule has 224 valence electrons. The number of carbonyl (C=O) groups excluding carboxylic acids is 2. The van der Waals surface area contributed by atoms with Crippen molar-refractivity contribution in [2.24, 2.45) is 0 Å². The number of hydrogen-bond donors (Lipinski definition) is 1. The first kappa shape index (κ1) is 32.8. The molecule has 0 heterocycles. The molecule has 3 aromatic carbocycles. The van der Waals surface area contributed by atoms with Gasteiger partial charge in [-0.05, 0) is 54.8 Å². The average Bonchev–Trinajstić information content (AvgIpc) is 2.97. The Bertz CT molecular complexity index is 1500. The van der Waals surface area contributed by atoms with Gasteiger partial charge in [0.1, 0.15) is 12.6 Å². The monoisotopic (exact) mass is 634 g/mol. The van der Waals surface area contributed by atoms with Crippen molar-refractivity contribution in [1.29, 1.82) is 0 Å². The van der Waals surface area contributed by atoms with Crippen molar-refractivity contribution < 1.29 is 22.9 Å². The van der Waals surface area contributed by atoms with Crippen LogP contribution in [0.15, 0.2) is 77.7 Å². The van der Waals surface area contributed by atoms with Gasteiger partial charge >= 0.3 is 0 Å². The second-order valence-electron chi connectivity index (χ2n) is 9.42. The van der Waals surface area contributed by atoms with Crippen LogP contribution in [-0.2, 0) is 26.2 Å². The number of halogens is 2. The summed E-state index contributed by atoms with van der Waals surface area (Å²) in [6.07, 6.45) is 1.86. The van der Waals surface area contributed by atoms with Crippen LogP contribution in [0.25, 0.3) is 0 Å². The molecule has 42 heavy (non-hydrogen) atoms. The molecule has 2 amide bonds. The highest BCUT2D eigenvalue weighted by Crippen LogP contribution is 2.28. The summed E-state index contributed by atoms with van der Waals surface area (Å²) in [7, 11) is -4.30. The summed E-state index contributed by atoms with van der Waals surface area (Å²) in [4.78, 5) is 39.1. The van der Waals surface area contributed by atoms with Gasteiger partial charge in [-0.3, -0.25) is 24.0 Å². The molecule has 0 spiro atoms. The van der Waals surface area contributed by atoms with Crippen molar-refractivity contribution in [3.63, 3.8) is 0 Å². The molecular weight excluding hydrogens is 603 g/mol. The van der Waals surface area contributed by atoms with E-state index in [1.807, 2.05) is 6.92 Å².